The molecule has 0 amide bonds. The second-order valence-electron chi connectivity index (χ2n) is 23.1. The summed E-state index contributed by atoms with van der Waals surface area (Å²) >= 11 is 0. The highest BCUT2D eigenvalue weighted by molar-refractivity contribution is 4.98. The van der Waals surface area contributed by atoms with Gasteiger partial charge in [0.15, 0.2) is 0 Å². The highest BCUT2D eigenvalue weighted by Crippen LogP contribution is 2.59. The van der Waals surface area contributed by atoms with Crippen molar-refractivity contribution in [2.75, 3.05) is 0 Å². The second-order valence-corrected chi connectivity index (χ2v) is 23.1. The molecule has 0 nitrogen and oxygen atoms in total. The third-order valence-electron chi connectivity index (χ3n) is 16.6. The Morgan fingerprint density at radius 3 is 0.484 bits per heavy atom. The van der Waals surface area contributed by atoms with Gasteiger partial charge < -0.3 is 0 Å². The molecule has 0 saturated carbocycles. The fourth-order valence-electron chi connectivity index (χ4n) is 12.2. The number of rotatable bonds is 56. The van der Waals surface area contributed by atoms with Crippen molar-refractivity contribution in [3.8, 4) is 0 Å². The summed E-state index contributed by atoms with van der Waals surface area (Å²) in [7, 11) is 0. The topological polar surface area (TPSA) is 0 Å². The molecule has 64 heavy (non-hydrogen) atoms. The Hall–Kier alpha value is 0. The minimum Gasteiger partial charge on any atom is -0.0654 e. The van der Waals surface area contributed by atoms with Crippen LogP contribution in [0.1, 0.15) is 395 Å². The van der Waals surface area contributed by atoms with Gasteiger partial charge in [0, 0.05) is 0 Å². The van der Waals surface area contributed by atoms with E-state index in [1.165, 1.54) is 308 Å². The monoisotopic (exact) mass is 899 g/mol. The Labute approximate surface area is 410 Å². The van der Waals surface area contributed by atoms with Gasteiger partial charge in [0.05, 0.1) is 0 Å². The third-order valence-corrected chi connectivity index (χ3v) is 16.6. The molecule has 0 aliphatic heterocycles. The van der Waals surface area contributed by atoms with E-state index in [1.807, 2.05) is 0 Å². The van der Waals surface area contributed by atoms with Crippen molar-refractivity contribution in [2.24, 2.45) is 16.7 Å². The van der Waals surface area contributed by atoms with E-state index in [4.69, 9.17) is 0 Å². The molecule has 0 saturated heterocycles. The molecule has 386 valence electrons. The first-order valence-corrected chi connectivity index (χ1v) is 31.5. The Morgan fingerprint density at radius 1 is 0.188 bits per heavy atom. The average Bonchev–Trinajstić information content (AvgIpc) is 3.29. The van der Waals surface area contributed by atoms with Crippen LogP contribution in [0.2, 0.25) is 0 Å². The van der Waals surface area contributed by atoms with Crippen molar-refractivity contribution < 1.29 is 0 Å². The van der Waals surface area contributed by atoms with Gasteiger partial charge in [-0.3, -0.25) is 0 Å². The highest BCUT2D eigenvalue weighted by Gasteiger charge is 2.48. The lowest BCUT2D eigenvalue weighted by atomic mass is 9.51. The summed E-state index contributed by atoms with van der Waals surface area (Å²) in [6, 6.07) is 0. The number of hydrogen-bond donors (Lipinski definition) is 0. The zero-order chi connectivity index (χ0) is 46.8. The van der Waals surface area contributed by atoms with E-state index in [0.717, 1.165) is 5.92 Å². The minimum absolute atomic E-state index is 0.566. The van der Waals surface area contributed by atoms with Gasteiger partial charge in [-0.25, -0.2) is 0 Å². The molecular weight excluding hydrogens is 769 g/mol. The molecule has 2 atom stereocenters. The minimum atomic E-state index is 0.566. The summed E-state index contributed by atoms with van der Waals surface area (Å²) in [4.78, 5) is 0. The van der Waals surface area contributed by atoms with Crippen LogP contribution in [0, 0.1) is 16.7 Å². The van der Waals surface area contributed by atoms with Gasteiger partial charge in [-0.15, -0.1) is 0 Å². The molecule has 0 aromatic rings. The maximum atomic E-state index is 2.44. The summed E-state index contributed by atoms with van der Waals surface area (Å²) in [5.74, 6) is 0.861. The normalized spacial score (nSPS) is 13.9. The molecule has 0 fully saturated rings. The molecule has 0 N–H and O–H groups in total. The summed E-state index contributed by atoms with van der Waals surface area (Å²) in [5.41, 5.74) is 1.13. The fourth-order valence-corrected chi connectivity index (χ4v) is 12.2. The SMILES string of the molecule is CCCCCCCCCCCCC(CCCCCCCCCC)(CCCCCCCCCCC)C(CCCCCCCCC)(CCCCCCCCCCC)CCCCCCC(C)C. The molecule has 0 heterocycles. The molecule has 0 bridgehead atoms. The summed E-state index contributed by atoms with van der Waals surface area (Å²) in [6.07, 6.45) is 80.1. The standard InChI is InChI=1S/C64H130/c1-8-13-18-23-28-32-35-40-46-53-59-63(57-50-43-37-31-26-21-16-11-4,58-51-44-38-33-29-24-19-14-9-2)64(56-49-42-36-27-22-17-12-5,61-54-47-41-48-55-62(6)7)60-52-45-39-34-30-25-20-15-10-3/h62H,8-61H2,1-7H3. The molecule has 0 aliphatic rings. The second kappa shape index (κ2) is 50.9. The van der Waals surface area contributed by atoms with Gasteiger partial charge >= 0.3 is 0 Å². The van der Waals surface area contributed by atoms with Crippen molar-refractivity contribution in [3.63, 3.8) is 0 Å². The molecule has 2 unspecified atom stereocenters. The van der Waals surface area contributed by atoms with Crippen LogP contribution in [0.3, 0.4) is 0 Å². The largest absolute Gasteiger partial charge is 0.0654 e. The zero-order valence-corrected chi connectivity index (χ0v) is 46.8. The maximum absolute atomic E-state index is 2.44. The molecule has 0 aromatic heterocycles. The number of hydrogen-bond acceptors (Lipinski definition) is 0. The van der Waals surface area contributed by atoms with Crippen LogP contribution >= 0.6 is 0 Å². The first-order valence-electron chi connectivity index (χ1n) is 31.5. The zero-order valence-electron chi connectivity index (χ0n) is 46.8. The van der Waals surface area contributed by atoms with Crippen molar-refractivity contribution in [1.82, 2.24) is 0 Å². The smallest absolute Gasteiger partial charge is 0.0241 e. The first kappa shape index (κ1) is 64.0. The Morgan fingerprint density at radius 2 is 0.328 bits per heavy atom. The summed E-state index contributed by atoms with van der Waals surface area (Å²) < 4.78 is 0. The van der Waals surface area contributed by atoms with Gasteiger partial charge in [0.1, 0.15) is 0 Å². The molecular formula is C64H130. The van der Waals surface area contributed by atoms with Crippen LogP contribution in [-0.4, -0.2) is 0 Å². The highest BCUT2D eigenvalue weighted by atomic mass is 14.5. The van der Waals surface area contributed by atoms with Gasteiger partial charge in [-0.05, 0) is 55.3 Å². The van der Waals surface area contributed by atoms with Crippen molar-refractivity contribution >= 4 is 0 Å². The molecule has 0 heteroatoms. The van der Waals surface area contributed by atoms with E-state index >= 15 is 0 Å². The van der Waals surface area contributed by atoms with Crippen LogP contribution in [0.4, 0.5) is 0 Å². The van der Waals surface area contributed by atoms with E-state index < -0.39 is 0 Å². The lowest BCUT2D eigenvalue weighted by Gasteiger charge is -2.53. The summed E-state index contributed by atoms with van der Waals surface area (Å²) in [5, 5.41) is 0. The molecule has 0 spiro atoms. The average molecular weight is 900 g/mol. The van der Waals surface area contributed by atoms with Crippen LogP contribution in [0.5, 0.6) is 0 Å². The van der Waals surface area contributed by atoms with E-state index in [-0.39, 0.29) is 0 Å². The van der Waals surface area contributed by atoms with Gasteiger partial charge in [0.25, 0.3) is 0 Å². The van der Waals surface area contributed by atoms with Gasteiger partial charge in [-0.1, -0.05) is 357 Å². The Bertz CT molecular complexity index is 841. The summed E-state index contributed by atoms with van der Waals surface area (Å²) in [6.45, 7) is 16.7. The third kappa shape index (κ3) is 38.9. The predicted octanol–water partition coefficient (Wildman–Crippen LogP) is 24.8. The van der Waals surface area contributed by atoms with Crippen molar-refractivity contribution in [1.29, 1.82) is 0 Å². The predicted molar refractivity (Wildman–Crippen MR) is 297 cm³/mol. The number of unbranched alkanes of at least 4 members (excludes halogenated alkanes) is 41. The first-order chi connectivity index (χ1) is 31.5. The van der Waals surface area contributed by atoms with E-state index in [9.17, 15) is 0 Å². The molecule has 0 aliphatic carbocycles. The van der Waals surface area contributed by atoms with Gasteiger partial charge in [0.2, 0.25) is 0 Å². The van der Waals surface area contributed by atoms with E-state index in [1.54, 1.807) is 38.5 Å². The molecule has 0 rings (SSSR count). The Kier molecular flexibility index (Phi) is 50.9. The van der Waals surface area contributed by atoms with Crippen LogP contribution in [0.15, 0.2) is 0 Å². The fraction of sp³-hybridized carbons (Fsp3) is 1.00. The molecule has 0 aromatic carbocycles. The maximum Gasteiger partial charge on any atom is -0.0241 e. The van der Waals surface area contributed by atoms with Crippen LogP contribution in [0.25, 0.3) is 0 Å². The van der Waals surface area contributed by atoms with E-state index in [0.29, 0.717) is 10.8 Å². The van der Waals surface area contributed by atoms with Crippen molar-refractivity contribution in [2.45, 2.75) is 395 Å². The van der Waals surface area contributed by atoms with Crippen LogP contribution < -0.4 is 0 Å². The van der Waals surface area contributed by atoms with Crippen molar-refractivity contribution in [3.05, 3.63) is 0 Å². The molecule has 0 radical (unpaired) electrons. The lowest BCUT2D eigenvalue weighted by Crippen LogP contribution is -2.43. The lowest BCUT2D eigenvalue weighted by molar-refractivity contribution is -0.0310. The quantitative estimate of drug-likeness (QED) is 0.0534. The van der Waals surface area contributed by atoms with Crippen LogP contribution in [-0.2, 0) is 0 Å². The van der Waals surface area contributed by atoms with Gasteiger partial charge in [-0.2, -0.15) is 0 Å². The van der Waals surface area contributed by atoms with E-state index in [2.05, 4.69) is 48.5 Å². The Balaban J connectivity index is 6.66.